The van der Waals surface area contributed by atoms with Gasteiger partial charge in [0.05, 0.1) is 2.88 Å². The van der Waals surface area contributed by atoms with Gasteiger partial charge in [-0.15, -0.1) is 23.2 Å². The maximum atomic E-state index is 3.53. The fraction of sp³-hybridized carbons (Fsp3) is 0.500. The van der Waals surface area contributed by atoms with Gasteiger partial charge in [-0.05, 0) is 59.5 Å². The van der Waals surface area contributed by atoms with Crippen molar-refractivity contribution in [2.75, 3.05) is 6.54 Å². The molecule has 0 fully saturated rings. The molecule has 0 aliphatic heterocycles. The molecule has 0 amide bonds. The van der Waals surface area contributed by atoms with Gasteiger partial charge >= 0.3 is 0 Å². The van der Waals surface area contributed by atoms with Gasteiger partial charge in [-0.25, -0.2) is 0 Å². The summed E-state index contributed by atoms with van der Waals surface area (Å²) in [6.07, 6.45) is 2.07. The normalized spacial score (nSPS) is 11.9. The van der Waals surface area contributed by atoms with E-state index < -0.39 is 0 Å². The molecule has 1 N–H and O–H groups in total. The van der Waals surface area contributed by atoms with Crippen molar-refractivity contribution < 1.29 is 0 Å². The minimum atomic E-state index is 0.400. The van der Waals surface area contributed by atoms with Crippen LogP contribution in [-0.4, -0.2) is 6.54 Å². The lowest BCUT2D eigenvalue weighted by atomic mass is 10.1. The van der Waals surface area contributed by atoms with E-state index in [4.69, 9.17) is 0 Å². The fourth-order valence-corrected chi connectivity index (χ4v) is 2.76. The third-order valence-corrected chi connectivity index (χ3v) is 3.92. The van der Waals surface area contributed by atoms with Crippen LogP contribution in [0.25, 0.3) is 0 Å². The topological polar surface area (TPSA) is 12.0 Å². The van der Waals surface area contributed by atoms with Gasteiger partial charge in [0, 0.05) is 12.5 Å². The minimum absolute atomic E-state index is 0.400. The van der Waals surface area contributed by atoms with Crippen LogP contribution in [0.15, 0.2) is 11.4 Å². The number of hydrogen-bond acceptors (Lipinski definition) is 2. The first-order valence-electron chi connectivity index (χ1n) is 5.14. The van der Waals surface area contributed by atoms with Gasteiger partial charge in [-0.3, -0.25) is 0 Å². The number of nitrogens with one attached hydrogen (secondary N) is 1. The summed E-state index contributed by atoms with van der Waals surface area (Å²) in [5.41, 5.74) is 1.38. The SMILES string of the molecule is CC#CCC(NCCC)c1csc(I)c1. The Kier molecular flexibility index (Phi) is 6.30. The summed E-state index contributed by atoms with van der Waals surface area (Å²) in [6.45, 7) is 5.14. The van der Waals surface area contributed by atoms with E-state index in [9.17, 15) is 0 Å². The molecule has 15 heavy (non-hydrogen) atoms. The Labute approximate surface area is 110 Å². The average Bonchev–Trinajstić information content (AvgIpc) is 2.65. The summed E-state index contributed by atoms with van der Waals surface area (Å²) in [5.74, 6) is 6.12. The summed E-state index contributed by atoms with van der Waals surface area (Å²) in [5, 5.41) is 5.76. The third-order valence-electron chi connectivity index (χ3n) is 2.11. The molecule has 1 rings (SSSR count). The van der Waals surface area contributed by atoms with E-state index in [0.29, 0.717) is 6.04 Å². The lowest BCUT2D eigenvalue weighted by Gasteiger charge is -2.14. The maximum Gasteiger partial charge on any atom is 0.0656 e. The summed E-state index contributed by atoms with van der Waals surface area (Å²) in [4.78, 5) is 0. The van der Waals surface area contributed by atoms with Crippen molar-refractivity contribution in [2.24, 2.45) is 0 Å². The summed E-state index contributed by atoms with van der Waals surface area (Å²) in [6, 6.07) is 2.65. The summed E-state index contributed by atoms with van der Waals surface area (Å²) < 4.78 is 1.34. The first-order valence-corrected chi connectivity index (χ1v) is 7.10. The van der Waals surface area contributed by atoms with Gasteiger partial charge < -0.3 is 5.32 Å². The first-order chi connectivity index (χ1) is 7.27. The molecule has 0 aliphatic rings. The third kappa shape index (κ3) is 4.54. The van der Waals surface area contributed by atoms with Crippen LogP contribution >= 0.6 is 33.9 Å². The summed E-state index contributed by atoms with van der Waals surface area (Å²) >= 11 is 4.16. The second kappa shape index (κ2) is 7.26. The molecule has 1 heterocycles. The molecule has 1 nitrogen and oxygen atoms in total. The zero-order valence-electron chi connectivity index (χ0n) is 9.14. The molecule has 1 aromatic heterocycles. The van der Waals surface area contributed by atoms with Crippen LogP contribution in [0, 0.1) is 14.7 Å². The Morgan fingerprint density at radius 2 is 2.40 bits per heavy atom. The monoisotopic (exact) mass is 333 g/mol. The molecule has 0 spiro atoms. The lowest BCUT2D eigenvalue weighted by molar-refractivity contribution is 0.543. The Morgan fingerprint density at radius 3 is 2.93 bits per heavy atom. The van der Waals surface area contributed by atoms with E-state index >= 15 is 0 Å². The highest BCUT2D eigenvalue weighted by Gasteiger charge is 2.10. The fourth-order valence-electron chi connectivity index (χ4n) is 1.34. The molecule has 1 atom stereocenters. The van der Waals surface area contributed by atoms with Crippen LogP contribution in [0.4, 0.5) is 0 Å². The van der Waals surface area contributed by atoms with Crippen molar-refractivity contribution in [1.82, 2.24) is 5.32 Å². The van der Waals surface area contributed by atoms with E-state index in [1.165, 1.54) is 8.45 Å². The smallest absolute Gasteiger partial charge is 0.0656 e. The molecule has 0 saturated carbocycles. The van der Waals surface area contributed by atoms with E-state index in [2.05, 4.69) is 58.1 Å². The van der Waals surface area contributed by atoms with E-state index in [-0.39, 0.29) is 0 Å². The highest BCUT2D eigenvalue weighted by atomic mass is 127. The van der Waals surface area contributed by atoms with Gasteiger partial charge in [0.25, 0.3) is 0 Å². The molecular weight excluding hydrogens is 317 g/mol. The first kappa shape index (κ1) is 13.0. The largest absolute Gasteiger partial charge is 0.309 e. The predicted octanol–water partition coefficient (Wildman–Crippen LogP) is 3.81. The molecule has 0 saturated heterocycles. The quantitative estimate of drug-likeness (QED) is 0.638. The Bertz CT molecular complexity index is 348. The predicted molar refractivity (Wildman–Crippen MR) is 76.1 cm³/mol. The molecule has 3 heteroatoms. The van der Waals surface area contributed by atoms with Gasteiger partial charge in [0.1, 0.15) is 0 Å². The van der Waals surface area contributed by atoms with Gasteiger partial charge in [0.2, 0.25) is 0 Å². The maximum absolute atomic E-state index is 3.53. The summed E-state index contributed by atoms with van der Waals surface area (Å²) in [7, 11) is 0. The molecule has 0 bridgehead atoms. The van der Waals surface area contributed by atoms with Crippen LogP contribution in [-0.2, 0) is 0 Å². The number of halogens is 1. The molecule has 1 aromatic rings. The molecule has 1 unspecified atom stereocenters. The highest BCUT2D eigenvalue weighted by molar-refractivity contribution is 14.1. The molecule has 0 aromatic carbocycles. The van der Waals surface area contributed by atoms with Crippen molar-refractivity contribution in [2.45, 2.75) is 32.7 Å². The van der Waals surface area contributed by atoms with Gasteiger partial charge in [-0.1, -0.05) is 6.92 Å². The van der Waals surface area contributed by atoms with Crippen LogP contribution in [0.2, 0.25) is 0 Å². The van der Waals surface area contributed by atoms with Crippen molar-refractivity contribution in [1.29, 1.82) is 0 Å². The number of thiophene rings is 1. The molecule has 0 aliphatic carbocycles. The number of hydrogen-bond donors (Lipinski definition) is 1. The van der Waals surface area contributed by atoms with Crippen molar-refractivity contribution in [3.05, 3.63) is 19.9 Å². The second-order valence-corrected chi connectivity index (χ2v) is 6.13. The molecule has 82 valence electrons. The molecular formula is C12H16INS. The zero-order valence-corrected chi connectivity index (χ0v) is 12.1. The van der Waals surface area contributed by atoms with Gasteiger partial charge in [-0.2, -0.15) is 0 Å². The van der Waals surface area contributed by atoms with E-state index in [0.717, 1.165) is 19.4 Å². The Morgan fingerprint density at radius 1 is 1.60 bits per heavy atom. The van der Waals surface area contributed by atoms with E-state index in [1.807, 2.05) is 6.92 Å². The van der Waals surface area contributed by atoms with Crippen LogP contribution in [0.1, 0.15) is 38.3 Å². The van der Waals surface area contributed by atoms with Crippen molar-refractivity contribution in [3.63, 3.8) is 0 Å². The molecule has 0 radical (unpaired) electrons. The standard InChI is InChI=1S/C12H16INS/c1-3-5-6-11(14-7-4-2)10-8-12(13)15-9-10/h8-9,11,14H,4,6-7H2,1-2H3. The van der Waals surface area contributed by atoms with Crippen LogP contribution < -0.4 is 5.32 Å². The zero-order chi connectivity index (χ0) is 11.1. The second-order valence-electron chi connectivity index (χ2n) is 3.32. The van der Waals surface area contributed by atoms with E-state index in [1.54, 1.807) is 11.3 Å². The van der Waals surface area contributed by atoms with Crippen molar-refractivity contribution >= 4 is 33.9 Å². The van der Waals surface area contributed by atoms with Crippen molar-refractivity contribution in [3.8, 4) is 11.8 Å². The van der Waals surface area contributed by atoms with Crippen LogP contribution in [0.3, 0.4) is 0 Å². The highest BCUT2D eigenvalue weighted by Crippen LogP contribution is 2.24. The Hall–Kier alpha value is -0.0500. The van der Waals surface area contributed by atoms with Crippen LogP contribution in [0.5, 0.6) is 0 Å². The van der Waals surface area contributed by atoms with Gasteiger partial charge in [0.15, 0.2) is 0 Å². The number of rotatable bonds is 5. The average molecular weight is 333 g/mol. The Balaban J connectivity index is 2.65. The minimum Gasteiger partial charge on any atom is -0.309 e. The lowest BCUT2D eigenvalue weighted by Crippen LogP contribution is -2.21.